The maximum atomic E-state index is 12.1. The Bertz CT molecular complexity index is 1140. The van der Waals surface area contributed by atoms with Crippen molar-refractivity contribution in [1.29, 1.82) is 0 Å². The third-order valence-electron chi connectivity index (χ3n) is 4.28. The first kappa shape index (κ1) is 24.2. The number of aromatic nitrogens is 2. The Morgan fingerprint density at radius 2 is 1.74 bits per heavy atom. The second-order valence-electron chi connectivity index (χ2n) is 8.25. The van der Waals surface area contributed by atoms with Crippen LogP contribution in [0.15, 0.2) is 65.3 Å². The van der Waals surface area contributed by atoms with Gasteiger partial charge >= 0.3 is 24.0 Å². The molecule has 3 aromatic rings. The largest absolute Gasteiger partial charge is 0.480 e. The Hall–Kier alpha value is -4.41. The first-order valence-electron chi connectivity index (χ1n) is 10.3. The minimum atomic E-state index is -1.20. The number of anilines is 1. The summed E-state index contributed by atoms with van der Waals surface area (Å²) >= 11 is 0. The van der Waals surface area contributed by atoms with Crippen molar-refractivity contribution in [2.24, 2.45) is 0 Å². The molecule has 1 aromatic heterocycles. The molecule has 178 valence electrons. The zero-order chi connectivity index (χ0) is 24.7. The molecule has 11 nitrogen and oxygen atoms in total. The Morgan fingerprint density at radius 3 is 2.35 bits per heavy atom. The Balaban J connectivity index is 1.54. The van der Waals surface area contributed by atoms with Crippen LogP contribution in [0.4, 0.5) is 15.5 Å². The standard InChI is InChI=1S/C23H24N4O7/c1-23(2,3)33-22(31)24-18(20(28)29)13-15-9-11-17(12-10-15)32-21(30)25-19-14-27(26-34-19)16-7-5-4-6-8-16/h4-12,14,18H,13H2,1-3H3,(H2-,24,25,26,28,29,30,31)/p+1/t18-/m0/s1. The predicted octanol–water partition coefficient (Wildman–Crippen LogP) is 3.08. The summed E-state index contributed by atoms with van der Waals surface area (Å²) in [7, 11) is 0. The molecule has 11 heteroatoms. The molecule has 0 unspecified atom stereocenters. The topological polar surface area (TPSA) is 144 Å². The lowest BCUT2D eigenvalue weighted by Crippen LogP contribution is -2.44. The van der Waals surface area contributed by atoms with E-state index in [1.54, 1.807) is 32.9 Å². The molecule has 1 atom stereocenters. The molecule has 0 aliphatic carbocycles. The fourth-order valence-electron chi connectivity index (χ4n) is 2.82. The highest BCUT2D eigenvalue weighted by atomic mass is 16.6. The van der Waals surface area contributed by atoms with Gasteiger partial charge in [0, 0.05) is 18.6 Å². The highest BCUT2D eigenvalue weighted by molar-refractivity contribution is 5.84. The first-order valence-corrected chi connectivity index (χ1v) is 10.3. The number of hydrogen-bond donors (Lipinski definition) is 3. The number of ether oxygens (including phenoxy) is 2. The van der Waals surface area contributed by atoms with Crippen LogP contribution < -0.4 is 20.1 Å². The highest BCUT2D eigenvalue weighted by Gasteiger charge is 2.24. The molecule has 0 aliphatic rings. The van der Waals surface area contributed by atoms with Crippen LogP contribution in [0.1, 0.15) is 26.3 Å². The monoisotopic (exact) mass is 469 g/mol. The number of alkyl carbamates (subject to hydrolysis) is 1. The number of nitrogens with one attached hydrogen (secondary N) is 2. The molecule has 3 N–H and O–H groups in total. The molecule has 0 spiro atoms. The predicted molar refractivity (Wildman–Crippen MR) is 119 cm³/mol. The van der Waals surface area contributed by atoms with Gasteiger partial charge in [0.1, 0.15) is 17.4 Å². The summed E-state index contributed by atoms with van der Waals surface area (Å²) in [5.41, 5.74) is 0.611. The third kappa shape index (κ3) is 7.33. The van der Waals surface area contributed by atoms with Crippen LogP contribution >= 0.6 is 0 Å². The van der Waals surface area contributed by atoms with Gasteiger partial charge in [-0.1, -0.05) is 30.3 Å². The van der Waals surface area contributed by atoms with Crippen molar-refractivity contribution < 1.29 is 38.2 Å². The number of hydrogen-bond acceptors (Lipinski definition) is 7. The van der Waals surface area contributed by atoms with E-state index in [1.807, 2.05) is 30.3 Å². The van der Waals surface area contributed by atoms with Crippen LogP contribution in [-0.4, -0.2) is 40.2 Å². The number of aliphatic carboxylic acids is 1. The van der Waals surface area contributed by atoms with Crippen molar-refractivity contribution in [3.63, 3.8) is 0 Å². The van der Waals surface area contributed by atoms with E-state index in [-0.39, 0.29) is 18.1 Å². The molecular formula is C23H25N4O7+. The van der Waals surface area contributed by atoms with Gasteiger partial charge in [-0.25, -0.2) is 14.4 Å². The second kappa shape index (κ2) is 10.5. The molecule has 1 heterocycles. The first-order chi connectivity index (χ1) is 16.1. The normalized spacial score (nSPS) is 11.9. The molecule has 2 amide bonds. The number of carboxylic acids is 1. The van der Waals surface area contributed by atoms with E-state index in [0.717, 1.165) is 5.69 Å². The van der Waals surface area contributed by atoms with Gasteiger partial charge in [0.25, 0.3) is 6.20 Å². The molecule has 34 heavy (non-hydrogen) atoms. The zero-order valence-corrected chi connectivity index (χ0v) is 18.8. The second-order valence-corrected chi connectivity index (χ2v) is 8.25. The zero-order valence-electron chi connectivity index (χ0n) is 18.8. The fourth-order valence-corrected chi connectivity index (χ4v) is 2.82. The van der Waals surface area contributed by atoms with Gasteiger partial charge in [-0.3, -0.25) is 9.84 Å². The number of carbonyl (C=O) groups is 3. The van der Waals surface area contributed by atoms with E-state index in [0.29, 0.717) is 5.56 Å². The minimum Gasteiger partial charge on any atom is -0.480 e. The van der Waals surface area contributed by atoms with Crippen molar-refractivity contribution in [1.82, 2.24) is 10.6 Å². The van der Waals surface area contributed by atoms with Crippen LogP contribution in [0.25, 0.3) is 5.69 Å². The van der Waals surface area contributed by atoms with Crippen molar-refractivity contribution in [3.8, 4) is 11.4 Å². The van der Waals surface area contributed by atoms with Crippen molar-refractivity contribution in [2.45, 2.75) is 38.8 Å². The molecule has 2 aromatic carbocycles. The van der Waals surface area contributed by atoms with Gasteiger partial charge in [0.15, 0.2) is 0 Å². The quantitative estimate of drug-likeness (QED) is 0.448. The number of carbonyl (C=O) groups excluding carboxylic acids is 2. The summed E-state index contributed by atoms with van der Waals surface area (Å²) in [6, 6.07) is 14.2. The number of carboxylic acid groups (broad SMARTS) is 1. The number of amides is 2. The lowest BCUT2D eigenvalue weighted by atomic mass is 10.1. The van der Waals surface area contributed by atoms with Crippen molar-refractivity contribution >= 4 is 24.0 Å². The van der Waals surface area contributed by atoms with Crippen LogP contribution in [-0.2, 0) is 16.0 Å². The highest BCUT2D eigenvalue weighted by Crippen LogP contribution is 2.15. The fraction of sp³-hybridized carbons (Fsp3) is 0.261. The lowest BCUT2D eigenvalue weighted by molar-refractivity contribution is -0.670. The Kier molecular flexibility index (Phi) is 7.46. The third-order valence-corrected chi connectivity index (χ3v) is 4.28. The molecule has 0 radical (unpaired) electrons. The van der Waals surface area contributed by atoms with Gasteiger partial charge in [0.2, 0.25) is 11.0 Å². The minimum absolute atomic E-state index is 0.0125. The SMILES string of the molecule is CC(C)(C)OC(=O)N[C@@H](Cc1ccc(OC(=O)Nc2c[n+](-c3ccccc3)no2)cc1)C(=O)O. The van der Waals surface area contributed by atoms with Crippen LogP contribution in [0.2, 0.25) is 0 Å². The number of benzene rings is 2. The van der Waals surface area contributed by atoms with Gasteiger partial charge in [-0.2, -0.15) is 0 Å². The van der Waals surface area contributed by atoms with E-state index in [9.17, 15) is 19.5 Å². The van der Waals surface area contributed by atoms with E-state index in [2.05, 4.69) is 15.9 Å². The van der Waals surface area contributed by atoms with E-state index >= 15 is 0 Å². The molecule has 0 saturated heterocycles. The number of nitrogens with zero attached hydrogens (tertiary/aromatic N) is 2. The van der Waals surface area contributed by atoms with Crippen LogP contribution in [0.3, 0.4) is 0 Å². The average Bonchev–Trinajstić information content (AvgIpc) is 3.22. The summed E-state index contributed by atoms with van der Waals surface area (Å²) in [5, 5.41) is 18.0. The summed E-state index contributed by atoms with van der Waals surface area (Å²) < 4.78 is 16.8. The van der Waals surface area contributed by atoms with E-state index in [4.69, 9.17) is 14.0 Å². The van der Waals surface area contributed by atoms with Crippen LogP contribution in [0.5, 0.6) is 5.75 Å². The summed E-state index contributed by atoms with van der Waals surface area (Å²) in [6.45, 7) is 5.04. The number of rotatable bonds is 7. The van der Waals surface area contributed by atoms with Gasteiger partial charge in [-0.05, 0) is 43.1 Å². The summed E-state index contributed by atoms with van der Waals surface area (Å²) in [4.78, 5) is 35.6. The van der Waals surface area contributed by atoms with E-state index < -0.39 is 29.8 Å². The smallest absolute Gasteiger partial charge is 0.419 e. The van der Waals surface area contributed by atoms with E-state index in [1.165, 1.54) is 23.0 Å². The van der Waals surface area contributed by atoms with Gasteiger partial charge < -0.3 is 19.9 Å². The van der Waals surface area contributed by atoms with Crippen LogP contribution in [0, 0.1) is 0 Å². The summed E-state index contributed by atoms with van der Waals surface area (Å²) in [5.74, 6) is -0.892. The Labute approximate surface area is 195 Å². The number of para-hydroxylation sites is 1. The maximum absolute atomic E-state index is 12.1. The molecular weight excluding hydrogens is 444 g/mol. The van der Waals surface area contributed by atoms with Crippen molar-refractivity contribution in [2.75, 3.05) is 5.32 Å². The molecule has 0 bridgehead atoms. The molecule has 0 fully saturated rings. The molecule has 3 rings (SSSR count). The molecule has 0 aliphatic heterocycles. The van der Waals surface area contributed by atoms with Crippen molar-refractivity contribution in [3.05, 3.63) is 66.4 Å². The summed E-state index contributed by atoms with van der Waals surface area (Å²) in [6.07, 6.45) is -0.112. The van der Waals surface area contributed by atoms with Gasteiger partial charge in [0.05, 0.1) is 0 Å². The lowest BCUT2D eigenvalue weighted by Gasteiger charge is -2.22. The Morgan fingerprint density at radius 1 is 1.06 bits per heavy atom. The van der Waals surface area contributed by atoms with Gasteiger partial charge in [-0.15, -0.1) is 0 Å². The molecule has 0 saturated carbocycles. The average molecular weight is 469 g/mol. The maximum Gasteiger partial charge on any atom is 0.419 e.